The number of nitrogens with zero attached hydrogens (tertiary/aromatic N) is 2. The van der Waals surface area contributed by atoms with Gasteiger partial charge in [0.15, 0.2) is 5.96 Å². The minimum Gasteiger partial charge on any atom is -0.373 e. The molecule has 5 nitrogen and oxygen atoms in total. The summed E-state index contributed by atoms with van der Waals surface area (Å²) in [4.78, 5) is 6.51. The Kier molecular flexibility index (Phi) is 7.89. The van der Waals surface area contributed by atoms with E-state index in [0.29, 0.717) is 18.2 Å². The van der Waals surface area contributed by atoms with Crippen LogP contribution >= 0.6 is 24.0 Å². The van der Waals surface area contributed by atoms with Crippen LogP contribution in [0.5, 0.6) is 0 Å². The summed E-state index contributed by atoms with van der Waals surface area (Å²) < 4.78 is 18.8. The predicted molar refractivity (Wildman–Crippen MR) is 109 cm³/mol. The molecule has 25 heavy (non-hydrogen) atoms. The van der Waals surface area contributed by atoms with Crippen LogP contribution in [0, 0.1) is 5.82 Å². The van der Waals surface area contributed by atoms with Crippen molar-refractivity contribution < 1.29 is 9.13 Å². The van der Waals surface area contributed by atoms with Crippen LogP contribution in [0.2, 0.25) is 0 Å². The number of guanidine groups is 1. The van der Waals surface area contributed by atoms with E-state index in [1.54, 1.807) is 7.05 Å². The fourth-order valence-electron chi connectivity index (χ4n) is 3.51. The molecule has 0 aliphatic carbocycles. The van der Waals surface area contributed by atoms with Crippen LogP contribution in [-0.2, 0) is 11.3 Å². The van der Waals surface area contributed by atoms with Gasteiger partial charge in [0.05, 0.1) is 18.2 Å². The zero-order valence-corrected chi connectivity index (χ0v) is 17.2. The molecule has 1 aromatic rings. The number of hydrogen-bond donors (Lipinski definition) is 2. The average Bonchev–Trinajstić information content (AvgIpc) is 3.19. The number of benzene rings is 1. The summed E-state index contributed by atoms with van der Waals surface area (Å²) in [6.45, 7) is 2.48. The summed E-state index contributed by atoms with van der Waals surface area (Å²) in [5, 5.41) is 6.84. The fraction of sp³-hybridized carbons (Fsp3) is 0.611. The number of rotatable bonds is 6. The molecule has 2 aliphatic heterocycles. The van der Waals surface area contributed by atoms with Gasteiger partial charge in [-0.3, -0.25) is 4.99 Å². The van der Waals surface area contributed by atoms with Crippen molar-refractivity contribution in [3.8, 4) is 0 Å². The first-order valence-corrected chi connectivity index (χ1v) is 8.69. The minimum atomic E-state index is -0.192. The Labute approximate surface area is 166 Å². The van der Waals surface area contributed by atoms with Crippen molar-refractivity contribution >= 4 is 29.9 Å². The zero-order chi connectivity index (χ0) is 16.9. The van der Waals surface area contributed by atoms with Crippen molar-refractivity contribution in [2.75, 3.05) is 27.2 Å². The van der Waals surface area contributed by atoms with E-state index < -0.39 is 0 Å². The lowest BCUT2D eigenvalue weighted by molar-refractivity contribution is 0.0992. The van der Waals surface area contributed by atoms with Crippen LogP contribution < -0.4 is 10.6 Å². The van der Waals surface area contributed by atoms with Crippen LogP contribution in [-0.4, -0.2) is 56.3 Å². The van der Waals surface area contributed by atoms with E-state index in [-0.39, 0.29) is 29.8 Å². The fourth-order valence-corrected chi connectivity index (χ4v) is 3.51. The molecule has 3 atom stereocenters. The highest BCUT2D eigenvalue weighted by Crippen LogP contribution is 2.34. The smallest absolute Gasteiger partial charge is 0.191 e. The van der Waals surface area contributed by atoms with E-state index >= 15 is 0 Å². The summed E-state index contributed by atoms with van der Waals surface area (Å²) >= 11 is 0. The van der Waals surface area contributed by atoms with Gasteiger partial charge in [0.2, 0.25) is 0 Å². The summed E-state index contributed by atoms with van der Waals surface area (Å²) in [5.41, 5.74) is 1.11. The van der Waals surface area contributed by atoms with E-state index in [0.717, 1.165) is 44.0 Å². The van der Waals surface area contributed by atoms with Gasteiger partial charge in [0.1, 0.15) is 5.82 Å². The van der Waals surface area contributed by atoms with Crippen molar-refractivity contribution in [2.45, 2.75) is 44.1 Å². The van der Waals surface area contributed by atoms with Crippen molar-refractivity contribution in [3.05, 3.63) is 35.6 Å². The van der Waals surface area contributed by atoms with E-state index in [1.165, 1.54) is 18.6 Å². The molecular weight excluding hydrogens is 434 g/mol. The Morgan fingerprint density at radius 2 is 2.08 bits per heavy atom. The SMILES string of the molecule is CN=C(NCCN(C)Cc1ccc(F)cc1)NC1CC2CCC1O2.I. The van der Waals surface area contributed by atoms with Gasteiger partial charge in [-0.15, -0.1) is 24.0 Å². The molecular formula is C18H28FIN4O. The monoisotopic (exact) mass is 462 g/mol. The second-order valence-corrected chi connectivity index (χ2v) is 6.72. The molecule has 2 aliphatic rings. The number of aliphatic imine (C=N–C) groups is 1. The largest absolute Gasteiger partial charge is 0.373 e. The van der Waals surface area contributed by atoms with Crippen LogP contribution in [0.1, 0.15) is 24.8 Å². The third kappa shape index (κ3) is 5.79. The molecule has 2 bridgehead atoms. The maximum Gasteiger partial charge on any atom is 0.191 e. The average molecular weight is 462 g/mol. The van der Waals surface area contributed by atoms with Crippen molar-refractivity contribution in [3.63, 3.8) is 0 Å². The van der Waals surface area contributed by atoms with Crippen molar-refractivity contribution in [1.29, 1.82) is 0 Å². The number of ether oxygens (including phenoxy) is 1. The third-order valence-electron chi connectivity index (χ3n) is 4.80. The number of likely N-dealkylation sites (N-methyl/N-ethyl adjacent to an activating group) is 1. The standard InChI is InChI=1S/C18H27FN4O.HI/c1-20-18(22-16-11-15-7-8-17(16)24-15)21-9-10-23(2)12-13-3-5-14(19)6-4-13;/h3-6,15-17H,7-12H2,1-2H3,(H2,20,21,22);1H. The molecule has 0 saturated carbocycles. The molecule has 2 fully saturated rings. The zero-order valence-electron chi connectivity index (χ0n) is 14.9. The van der Waals surface area contributed by atoms with E-state index in [4.69, 9.17) is 4.74 Å². The Hall–Kier alpha value is -0.930. The lowest BCUT2D eigenvalue weighted by Gasteiger charge is -2.23. The van der Waals surface area contributed by atoms with E-state index in [2.05, 4.69) is 27.6 Å². The van der Waals surface area contributed by atoms with Crippen LogP contribution in [0.15, 0.2) is 29.3 Å². The minimum absolute atomic E-state index is 0. The Balaban J connectivity index is 0.00000225. The normalized spacial score (nSPS) is 25.1. The first kappa shape index (κ1) is 20.4. The molecule has 2 N–H and O–H groups in total. The molecule has 3 rings (SSSR count). The quantitative estimate of drug-likeness (QED) is 0.387. The van der Waals surface area contributed by atoms with Gasteiger partial charge in [-0.1, -0.05) is 12.1 Å². The summed E-state index contributed by atoms with van der Waals surface area (Å²) in [7, 11) is 3.86. The highest BCUT2D eigenvalue weighted by atomic mass is 127. The highest BCUT2D eigenvalue weighted by molar-refractivity contribution is 14.0. The lowest BCUT2D eigenvalue weighted by atomic mass is 9.96. The van der Waals surface area contributed by atoms with Gasteiger partial charge >= 0.3 is 0 Å². The number of hydrogen-bond acceptors (Lipinski definition) is 3. The predicted octanol–water partition coefficient (Wildman–Crippen LogP) is 2.36. The Morgan fingerprint density at radius 1 is 1.32 bits per heavy atom. The topological polar surface area (TPSA) is 48.9 Å². The first-order valence-electron chi connectivity index (χ1n) is 8.69. The molecule has 0 spiro atoms. The lowest BCUT2D eigenvalue weighted by Crippen LogP contribution is -2.48. The molecule has 1 aromatic carbocycles. The highest BCUT2D eigenvalue weighted by Gasteiger charge is 2.41. The molecule has 0 aromatic heterocycles. The van der Waals surface area contributed by atoms with Crippen LogP contribution in [0.3, 0.4) is 0 Å². The van der Waals surface area contributed by atoms with Gasteiger partial charge < -0.3 is 20.3 Å². The molecule has 0 radical (unpaired) electrons. The van der Waals surface area contributed by atoms with E-state index in [1.807, 2.05) is 12.1 Å². The van der Waals surface area contributed by atoms with Crippen molar-refractivity contribution in [2.24, 2.45) is 4.99 Å². The van der Waals surface area contributed by atoms with Crippen LogP contribution in [0.25, 0.3) is 0 Å². The molecule has 2 saturated heterocycles. The van der Waals surface area contributed by atoms with Crippen molar-refractivity contribution in [1.82, 2.24) is 15.5 Å². The summed E-state index contributed by atoms with van der Waals surface area (Å²) in [6.07, 6.45) is 4.21. The second-order valence-electron chi connectivity index (χ2n) is 6.72. The third-order valence-corrected chi connectivity index (χ3v) is 4.80. The van der Waals surface area contributed by atoms with Gasteiger partial charge in [-0.2, -0.15) is 0 Å². The van der Waals surface area contributed by atoms with Gasteiger partial charge in [0.25, 0.3) is 0 Å². The second kappa shape index (κ2) is 9.68. The summed E-state index contributed by atoms with van der Waals surface area (Å²) in [5.74, 6) is 0.647. The maximum absolute atomic E-state index is 12.9. The van der Waals surface area contributed by atoms with E-state index in [9.17, 15) is 4.39 Å². The van der Waals surface area contributed by atoms with Gasteiger partial charge in [-0.05, 0) is 44.0 Å². The molecule has 3 unspecified atom stereocenters. The molecule has 2 heterocycles. The van der Waals surface area contributed by atoms with Gasteiger partial charge in [0, 0.05) is 26.7 Å². The summed E-state index contributed by atoms with van der Waals surface area (Å²) in [6, 6.07) is 7.05. The molecule has 7 heteroatoms. The number of nitrogens with one attached hydrogen (secondary N) is 2. The Morgan fingerprint density at radius 3 is 2.68 bits per heavy atom. The van der Waals surface area contributed by atoms with Gasteiger partial charge in [-0.25, -0.2) is 4.39 Å². The molecule has 0 amide bonds. The number of halogens is 2. The number of fused-ring (bicyclic) bond motifs is 2. The maximum atomic E-state index is 12.9. The first-order chi connectivity index (χ1) is 11.6. The molecule has 140 valence electrons. The van der Waals surface area contributed by atoms with Crippen LogP contribution in [0.4, 0.5) is 4.39 Å². The Bertz CT molecular complexity index is 569.